The Morgan fingerprint density at radius 1 is 0.917 bits per heavy atom. The zero-order chi connectivity index (χ0) is 25.5. The van der Waals surface area contributed by atoms with Crippen molar-refractivity contribution in [1.82, 2.24) is 0 Å². The van der Waals surface area contributed by atoms with Gasteiger partial charge in [-0.3, -0.25) is 0 Å². The van der Waals surface area contributed by atoms with Crippen LogP contribution in [0.25, 0.3) is 6.08 Å². The van der Waals surface area contributed by atoms with E-state index in [0.717, 1.165) is 30.6 Å². The molecule has 0 radical (unpaired) electrons. The summed E-state index contributed by atoms with van der Waals surface area (Å²) in [6.07, 6.45) is 16.9. The summed E-state index contributed by atoms with van der Waals surface area (Å²) in [5.74, 6) is 2.75. The Labute approximate surface area is 216 Å². The molecular weight excluding hydrogens is 461 g/mol. The summed E-state index contributed by atoms with van der Waals surface area (Å²) in [6, 6.07) is 2.96. The standard InChI is InChI=1S/C31H45F3O2/c1-3-5-21-6-10-23(11-7-21)24-13-15-25(16-14-24)27-18-9-22(20-36-27)8-12-26-17-19-28(35-4-2)29(30(26)32)31(33)34/h8,12,17,19,21-25,27,31H,3-7,9-11,13-16,18,20H2,1-2H3/b12-8+. The van der Waals surface area contributed by atoms with Crippen molar-refractivity contribution >= 4 is 6.08 Å². The maximum atomic E-state index is 14.7. The zero-order valence-corrected chi connectivity index (χ0v) is 22.2. The van der Waals surface area contributed by atoms with E-state index in [1.54, 1.807) is 13.0 Å². The molecule has 0 bridgehead atoms. The van der Waals surface area contributed by atoms with Gasteiger partial charge in [0, 0.05) is 11.5 Å². The minimum Gasteiger partial charge on any atom is -0.493 e. The summed E-state index contributed by atoms with van der Waals surface area (Å²) in [5, 5.41) is 0. The van der Waals surface area contributed by atoms with Crippen LogP contribution in [0.4, 0.5) is 13.2 Å². The van der Waals surface area contributed by atoms with Crippen LogP contribution in [0.5, 0.6) is 5.75 Å². The van der Waals surface area contributed by atoms with Crippen LogP contribution in [0.3, 0.4) is 0 Å². The Kier molecular flexibility index (Phi) is 10.2. The molecule has 1 aliphatic heterocycles. The normalized spacial score (nSPS) is 31.7. The van der Waals surface area contributed by atoms with E-state index in [-0.39, 0.29) is 23.8 Å². The number of ether oxygens (including phenoxy) is 2. The SMILES string of the molecule is CCCC1CCC(C2CCC(C3CCC(/C=C/c4ccc(OCC)c(C(F)F)c4F)CO3)CC2)CC1. The molecule has 0 spiro atoms. The molecule has 2 nitrogen and oxygen atoms in total. The summed E-state index contributed by atoms with van der Waals surface area (Å²) in [6.45, 7) is 4.86. The van der Waals surface area contributed by atoms with Crippen molar-refractivity contribution in [3.05, 3.63) is 35.2 Å². The molecule has 4 rings (SSSR count). The van der Waals surface area contributed by atoms with E-state index in [1.165, 1.54) is 76.3 Å². The third-order valence-electron chi connectivity index (χ3n) is 9.18. The number of hydrogen-bond donors (Lipinski definition) is 0. The predicted octanol–water partition coefficient (Wildman–Crippen LogP) is 9.38. The fraction of sp³-hybridized carbons (Fsp3) is 0.742. The second kappa shape index (κ2) is 13.3. The van der Waals surface area contributed by atoms with E-state index in [9.17, 15) is 13.2 Å². The van der Waals surface area contributed by atoms with Gasteiger partial charge in [-0.15, -0.1) is 0 Å². The van der Waals surface area contributed by atoms with Crippen LogP contribution in [0.1, 0.15) is 108 Å². The third kappa shape index (κ3) is 6.88. The van der Waals surface area contributed by atoms with Crippen LogP contribution in [0, 0.1) is 35.4 Å². The van der Waals surface area contributed by atoms with Gasteiger partial charge in [0.2, 0.25) is 0 Å². The highest BCUT2D eigenvalue weighted by Crippen LogP contribution is 2.44. The van der Waals surface area contributed by atoms with Gasteiger partial charge in [-0.25, -0.2) is 13.2 Å². The summed E-state index contributed by atoms with van der Waals surface area (Å²) >= 11 is 0. The summed E-state index contributed by atoms with van der Waals surface area (Å²) in [7, 11) is 0. The van der Waals surface area contributed by atoms with Crippen molar-refractivity contribution in [2.24, 2.45) is 29.6 Å². The Bertz CT molecular complexity index is 830. The number of alkyl halides is 2. The van der Waals surface area contributed by atoms with Crippen LogP contribution < -0.4 is 4.74 Å². The monoisotopic (exact) mass is 506 g/mol. The highest BCUT2D eigenvalue weighted by atomic mass is 19.3. The number of halogens is 3. The minimum atomic E-state index is -2.91. The Morgan fingerprint density at radius 2 is 1.58 bits per heavy atom. The van der Waals surface area contributed by atoms with Gasteiger partial charge < -0.3 is 9.47 Å². The maximum Gasteiger partial charge on any atom is 0.270 e. The second-order valence-electron chi connectivity index (χ2n) is 11.4. The molecule has 1 aromatic carbocycles. The lowest BCUT2D eigenvalue weighted by molar-refractivity contribution is -0.0518. The molecule has 202 valence electrons. The van der Waals surface area contributed by atoms with Crippen molar-refractivity contribution in [3.63, 3.8) is 0 Å². The van der Waals surface area contributed by atoms with Crippen molar-refractivity contribution in [3.8, 4) is 5.75 Å². The highest BCUT2D eigenvalue weighted by molar-refractivity contribution is 5.55. The maximum absolute atomic E-state index is 14.7. The van der Waals surface area contributed by atoms with Gasteiger partial charge >= 0.3 is 0 Å². The summed E-state index contributed by atoms with van der Waals surface area (Å²) in [4.78, 5) is 0. The second-order valence-corrected chi connectivity index (χ2v) is 11.4. The van der Waals surface area contributed by atoms with Crippen molar-refractivity contribution < 1.29 is 22.6 Å². The first-order valence-electron chi connectivity index (χ1n) is 14.5. The predicted molar refractivity (Wildman–Crippen MR) is 140 cm³/mol. The average molecular weight is 507 g/mol. The van der Waals surface area contributed by atoms with Crippen LogP contribution in [0.15, 0.2) is 18.2 Å². The Balaban J connectivity index is 1.23. The smallest absolute Gasteiger partial charge is 0.270 e. The largest absolute Gasteiger partial charge is 0.493 e. The van der Waals surface area contributed by atoms with Crippen molar-refractivity contribution in [1.29, 1.82) is 0 Å². The molecule has 0 amide bonds. The topological polar surface area (TPSA) is 18.5 Å². The van der Waals surface area contributed by atoms with Crippen LogP contribution in [-0.4, -0.2) is 19.3 Å². The molecule has 0 N–H and O–H groups in total. The lowest BCUT2D eigenvalue weighted by Crippen LogP contribution is -2.35. The van der Waals surface area contributed by atoms with Crippen LogP contribution in [0.2, 0.25) is 0 Å². The minimum absolute atomic E-state index is 0.0788. The Hall–Kier alpha value is -1.49. The van der Waals surface area contributed by atoms with E-state index in [2.05, 4.69) is 6.92 Å². The Morgan fingerprint density at radius 3 is 2.17 bits per heavy atom. The molecule has 2 saturated carbocycles. The first-order chi connectivity index (χ1) is 17.5. The molecule has 2 aliphatic carbocycles. The van der Waals surface area contributed by atoms with Gasteiger partial charge in [0.15, 0.2) is 0 Å². The molecule has 1 saturated heterocycles. The van der Waals surface area contributed by atoms with Crippen molar-refractivity contribution in [2.45, 2.75) is 103 Å². The third-order valence-corrected chi connectivity index (χ3v) is 9.18. The molecule has 1 aromatic rings. The number of hydrogen-bond acceptors (Lipinski definition) is 2. The average Bonchev–Trinajstić information content (AvgIpc) is 2.89. The first-order valence-corrected chi connectivity index (χ1v) is 14.5. The van der Waals surface area contributed by atoms with Gasteiger partial charge in [0.05, 0.1) is 24.9 Å². The fourth-order valence-electron chi connectivity index (χ4n) is 7.11. The molecule has 2 unspecified atom stereocenters. The van der Waals surface area contributed by atoms with Crippen LogP contribution >= 0.6 is 0 Å². The van der Waals surface area contributed by atoms with Gasteiger partial charge in [-0.2, -0.15) is 0 Å². The molecule has 1 heterocycles. The van der Waals surface area contributed by atoms with E-state index in [1.807, 2.05) is 6.08 Å². The molecule has 0 aromatic heterocycles. The number of rotatable bonds is 9. The summed E-state index contributed by atoms with van der Waals surface area (Å²) in [5.41, 5.74) is -0.471. The summed E-state index contributed by atoms with van der Waals surface area (Å²) < 4.78 is 53.1. The fourth-order valence-corrected chi connectivity index (χ4v) is 7.11. The molecule has 3 fully saturated rings. The molecule has 3 aliphatic rings. The van der Waals surface area contributed by atoms with Gasteiger partial charge in [0.1, 0.15) is 11.6 Å². The van der Waals surface area contributed by atoms with Crippen molar-refractivity contribution in [2.75, 3.05) is 13.2 Å². The zero-order valence-electron chi connectivity index (χ0n) is 22.2. The van der Waals surface area contributed by atoms with Crippen LogP contribution in [-0.2, 0) is 4.74 Å². The number of benzene rings is 1. The van der Waals surface area contributed by atoms with Gasteiger partial charge in [-0.1, -0.05) is 44.8 Å². The van der Waals surface area contributed by atoms with E-state index in [0.29, 0.717) is 18.6 Å². The lowest BCUT2D eigenvalue weighted by Gasteiger charge is -2.41. The quantitative estimate of drug-likeness (QED) is 0.332. The highest BCUT2D eigenvalue weighted by Gasteiger charge is 2.35. The lowest BCUT2D eigenvalue weighted by atomic mass is 9.67. The van der Waals surface area contributed by atoms with Gasteiger partial charge in [0.25, 0.3) is 6.43 Å². The van der Waals surface area contributed by atoms with E-state index < -0.39 is 17.8 Å². The molecule has 5 heteroatoms. The molecule has 36 heavy (non-hydrogen) atoms. The molecule has 2 atom stereocenters. The first kappa shape index (κ1) is 27.5. The van der Waals surface area contributed by atoms with E-state index >= 15 is 0 Å². The van der Waals surface area contributed by atoms with Gasteiger partial charge in [-0.05, 0) is 94.1 Å². The molecular formula is C31H45F3O2. The van der Waals surface area contributed by atoms with E-state index in [4.69, 9.17) is 9.47 Å².